The first-order chi connectivity index (χ1) is 3.72. The molecule has 3 heteroatoms. The van der Waals surface area contributed by atoms with E-state index in [-0.39, 0.29) is 0 Å². The molecule has 0 aliphatic heterocycles. The highest BCUT2D eigenvalue weighted by Gasteiger charge is 2.07. The molecular formula is C5H8FNO. The summed E-state index contributed by atoms with van der Waals surface area (Å²) in [5.74, 6) is -1.08. The molecule has 0 aliphatic rings. The second-order valence-electron chi connectivity index (χ2n) is 1.60. The molecule has 0 saturated carbocycles. The van der Waals surface area contributed by atoms with Crippen LogP contribution in [0.15, 0.2) is 0 Å². The molecule has 2 nitrogen and oxygen atoms in total. The molecule has 0 radical (unpaired) electrons. The molecule has 0 saturated heterocycles. The molecule has 46 valence electrons. The van der Waals surface area contributed by atoms with Gasteiger partial charge in [-0.1, -0.05) is 6.92 Å². The number of carbonyl (C=O) groups is 1. The molecule has 8 heavy (non-hydrogen) atoms. The van der Waals surface area contributed by atoms with E-state index < -0.39 is 18.4 Å². The standard InChI is InChI=1S/C5H8FNO/c1-4(2-6)5(8)3-7/h3-4,7H,2H2,1H3. The van der Waals surface area contributed by atoms with Crippen molar-refractivity contribution in [3.05, 3.63) is 0 Å². The van der Waals surface area contributed by atoms with Crippen molar-refractivity contribution in [3.8, 4) is 0 Å². The van der Waals surface area contributed by atoms with Crippen molar-refractivity contribution >= 4 is 12.0 Å². The summed E-state index contributed by atoms with van der Waals surface area (Å²) in [7, 11) is 0. The number of hydrogen-bond donors (Lipinski definition) is 1. The van der Waals surface area contributed by atoms with Crippen LogP contribution in [-0.4, -0.2) is 18.7 Å². The Morgan fingerprint density at radius 1 is 2.00 bits per heavy atom. The van der Waals surface area contributed by atoms with Crippen molar-refractivity contribution in [1.29, 1.82) is 5.41 Å². The molecular weight excluding hydrogens is 109 g/mol. The SMILES string of the molecule is CC(CF)C(=O)C=N. The van der Waals surface area contributed by atoms with E-state index in [1.165, 1.54) is 6.92 Å². The fourth-order valence-corrected chi connectivity index (χ4v) is 0.218. The van der Waals surface area contributed by atoms with E-state index in [1.54, 1.807) is 0 Å². The number of nitrogens with one attached hydrogen (secondary N) is 1. The topological polar surface area (TPSA) is 40.9 Å². The van der Waals surface area contributed by atoms with Gasteiger partial charge in [0.2, 0.25) is 0 Å². The second kappa shape index (κ2) is 3.29. The van der Waals surface area contributed by atoms with Crippen molar-refractivity contribution < 1.29 is 9.18 Å². The van der Waals surface area contributed by atoms with E-state index in [1.807, 2.05) is 0 Å². The Morgan fingerprint density at radius 3 is 2.62 bits per heavy atom. The van der Waals surface area contributed by atoms with Crippen LogP contribution in [0.3, 0.4) is 0 Å². The maximum atomic E-state index is 11.5. The summed E-state index contributed by atoms with van der Waals surface area (Å²) in [5.41, 5.74) is 0. The monoisotopic (exact) mass is 117 g/mol. The van der Waals surface area contributed by atoms with Gasteiger partial charge in [-0.05, 0) is 0 Å². The summed E-state index contributed by atoms with van der Waals surface area (Å²) in [6.45, 7) is 0.779. The number of rotatable bonds is 3. The molecule has 0 aromatic rings. The number of Topliss-reactive ketones (excluding diaryl/α,β-unsaturated/α-hetero) is 1. The zero-order valence-electron chi connectivity index (χ0n) is 4.65. The minimum Gasteiger partial charge on any atom is -0.305 e. The average Bonchev–Trinajstić information content (AvgIpc) is 1.84. The molecule has 0 fully saturated rings. The number of alkyl halides is 1. The summed E-state index contributed by atoms with van der Waals surface area (Å²) in [6, 6.07) is 0. The van der Waals surface area contributed by atoms with Crippen LogP contribution in [0, 0.1) is 11.3 Å². The minimum absolute atomic E-state index is 0.451. The van der Waals surface area contributed by atoms with Crippen LogP contribution in [0.5, 0.6) is 0 Å². The third-order valence-electron chi connectivity index (χ3n) is 0.859. The lowest BCUT2D eigenvalue weighted by atomic mass is 10.1. The van der Waals surface area contributed by atoms with Crippen molar-refractivity contribution in [2.45, 2.75) is 6.92 Å². The molecule has 0 aliphatic carbocycles. The highest BCUT2D eigenvalue weighted by atomic mass is 19.1. The summed E-state index contributed by atoms with van der Waals surface area (Å²) >= 11 is 0. The molecule has 1 N–H and O–H groups in total. The van der Waals surface area contributed by atoms with Gasteiger partial charge in [0, 0.05) is 5.92 Å². The maximum Gasteiger partial charge on any atom is 0.178 e. The van der Waals surface area contributed by atoms with Crippen LogP contribution in [0.4, 0.5) is 4.39 Å². The molecule has 0 amide bonds. The van der Waals surface area contributed by atoms with Crippen molar-refractivity contribution in [2.24, 2.45) is 5.92 Å². The number of carbonyl (C=O) groups excluding carboxylic acids is 1. The Labute approximate surface area is 47.2 Å². The van der Waals surface area contributed by atoms with Gasteiger partial charge in [-0.3, -0.25) is 9.18 Å². The van der Waals surface area contributed by atoms with Gasteiger partial charge in [-0.15, -0.1) is 0 Å². The van der Waals surface area contributed by atoms with Gasteiger partial charge in [-0.25, -0.2) is 0 Å². The minimum atomic E-state index is -0.672. The van der Waals surface area contributed by atoms with E-state index >= 15 is 0 Å². The Hall–Kier alpha value is -0.730. The van der Waals surface area contributed by atoms with E-state index in [0.29, 0.717) is 6.21 Å². The van der Waals surface area contributed by atoms with Gasteiger partial charge in [0.1, 0.15) is 0 Å². The molecule has 0 rings (SSSR count). The van der Waals surface area contributed by atoms with Gasteiger partial charge < -0.3 is 5.41 Å². The van der Waals surface area contributed by atoms with Crippen LogP contribution < -0.4 is 0 Å². The number of ketones is 1. The Bertz CT molecular complexity index is 103. The third-order valence-corrected chi connectivity index (χ3v) is 0.859. The lowest BCUT2D eigenvalue weighted by Gasteiger charge is -1.96. The summed E-state index contributed by atoms with van der Waals surface area (Å²) in [5, 5.41) is 6.40. The van der Waals surface area contributed by atoms with Gasteiger partial charge >= 0.3 is 0 Å². The van der Waals surface area contributed by atoms with Gasteiger partial charge in [0.25, 0.3) is 0 Å². The molecule has 0 spiro atoms. The lowest BCUT2D eigenvalue weighted by Crippen LogP contribution is -2.12. The Balaban J connectivity index is 3.62. The molecule has 0 heterocycles. The van der Waals surface area contributed by atoms with Crippen LogP contribution >= 0.6 is 0 Å². The highest BCUT2D eigenvalue weighted by Crippen LogP contribution is 1.93. The molecule has 1 atom stereocenters. The Kier molecular flexibility index (Phi) is 2.99. The first kappa shape index (κ1) is 7.27. The van der Waals surface area contributed by atoms with E-state index in [2.05, 4.69) is 0 Å². The van der Waals surface area contributed by atoms with Crippen LogP contribution in [0.1, 0.15) is 6.92 Å². The van der Waals surface area contributed by atoms with Crippen LogP contribution in [0.25, 0.3) is 0 Å². The second-order valence-corrected chi connectivity index (χ2v) is 1.60. The maximum absolute atomic E-state index is 11.5. The van der Waals surface area contributed by atoms with Crippen molar-refractivity contribution in [2.75, 3.05) is 6.67 Å². The fraction of sp³-hybridized carbons (Fsp3) is 0.600. The molecule has 0 aromatic heterocycles. The van der Waals surface area contributed by atoms with Crippen LogP contribution in [-0.2, 0) is 4.79 Å². The Morgan fingerprint density at radius 2 is 2.50 bits per heavy atom. The summed E-state index contributed by atoms with van der Waals surface area (Å²) in [4.78, 5) is 10.3. The van der Waals surface area contributed by atoms with E-state index in [9.17, 15) is 9.18 Å². The fourth-order valence-electron chi connectivity index (χ4n) is 0.218. The average molecular weight is 117 g/mol. The quantitative estimate of drug-likeness (QED) is 0.546. The number of halogens is 1. The normalized spacial score (nSPS) is 12.8. The van der Waals surface area contributed by atoms with Gasteiger partial charge in [0.05, 0.1) is 12.9 Å². The van der Waals surface area contributed by atoms with Crippen molar-refractivity contribution in [1.82, 2.24) is 0 Å². The zero-order chi connectivity index (χ0) is 6.57. The first-order valence-corrected chi connectivity index (χ1v) is 2.32. The smallest absolute Gasteiger partial charge is 0.178 e. The third kappa shape index (κ3) is 1.82. The van der Waals surface area contributed by atoms with Crippen molar-refractivity contribution in [3.63, 3.8) is 0 Å². The molecule has 0 aromatic carbocycles. The largest absolute Gasteiger partial charge is 0.305 e. The highest BCUT2D eigenvalue weighted by molar-refractivity contribution is 6.27. The molecule has 0 bridgehead atoms. The number of hydrogen-bond acceptors (Lipinski definition) is 2. The summed E-state index contributed by atoms with van der Waals surface area (Å²) < 4.78 is 11.5. The molecule has 1 unspecified atom stereocenters. The van der Waals surface area contributed by atoms with E-state index in [4.69, 9.17) is 5.41 Å². The predicted octanol–water partition coefficient (Wildman–Crippen LogP) is 0.811. The zero-order valence-corrected chi connectivity index (χ0v) is 4.65. The van der Waals surface area contributed by atoms with E-state index in [0.717, 1.165) is 0 Å². The van der Waals surface area contributed by atoms with Gasteiger partial charge in [-0.2, -0.15) is 0 Å². The first-order valence-electron chi connectivity index (χ1n) is 2.32. The van der Waals surface area contributed by atoms with Crippen LogP contribution in [0.2, 0.25) is 0 Å². The predicted molar refractivity (Wildman–Crippen MR) is 28.9 cm³/mol. The van der Waals surface area contributed by atoms with Gasteiger partial charge in [0.15, 0.2) is 5.78 Å². The summed E-state index contributed by atoms with van der Waals surface area (Å²) in [6.07, 6.45) is 0.643. The lowest BCUT2D eigenvalue weighted by molar-refractivity contribution is -0.116.